The van der Waals surface area contributed by atoms with Crippen LogP contribution >= 0.6 is 0 Å². The molecule has 5 nitrogen and oxygen atoms in total. The highest BCUT2D eigenvalue weighted by atomic mass is 16.3. The molecule has 1 amide bonds. The van der Waals surface area contributed by atoms with Gasteiger partial charge in [-0.15, -0.1) is 0 Å². The number of carbonyl (C=O) groups is 1. The smallest absolute Gasteiger partial charge is 0.268 e. The Labute approximate surface area is 103 Å². The van der Waals surface area contributed by atoms with Gasteiger partial charge >= 0.3 is 0 Å². The second kappa shape index (κ2) is 3.50. The molecule has 2 N–H and O–H groups in total. The van der Waals surface area contributed by atoms with Crippen molar-refractivity contribution >= 4 is 16.8 Å². The lowest BCUT2D eigenvalue weighted by Crippen LogP contribution is -2.35. The van der Waals surface area contributed by atoms with E-state index in [2.05, 4.69) is 5.32 Å². The van der Waals surface area contributed by atoms with Crippen molar-refractivity contribution in [2.24, 2.45) is 0 Å². The Kier molecular flexibility index (Phi) is 2.08. The molecule has 0 unspecified atom stereocenters. The second-order valence-corrected chi connectivity index (χ2v) is 4.38. The molecule has 2 heterocycles. The minimum atomic E-state index is -0.132. The number of aromatic hydroxyl groups is 1. The molecule has 0 radical (unpaired) electrons. The molecule has 0 saturated carbocycles. The number of phenolic OH excluding ortho intramolecular Hbond substituents is 1. The fourth-order valence-corrected chi connectivity index (χ4v) is 2.58. The van der Waals surface area contributed by atoms with Gasteiger partial charge in [0.05, 0.1) is 17.1 Å². The van der Waals surface area contributed by atoms with Crippen LogP contribution in [0.1, 0.15) is 21.6 Å². The third-order valence-electron chi connectivity index (χ3n) is 3.35. The minimum Gasteiger partial charge on any atom is -0.506 e. The van der Waals surface area contributed by atoms with Gasteiger partial charge in [-0.3, -0.25) is 4.79 Å². The van der Waals surface area contributed by atoms with Crippen LogP contribution in [0, 0.1) is 18.3 Å². The molecular weight excluding hydrogens is 230 g/mol. The first-order valence-electron chi connectivity index (χ1n) is 5.67. The molecular formula is C13H11N3O2. The monoisotopic (exact) mass is 241 g/mol. The molecule has 18 heavy (non-hydrogen) atoms. The van der Waals surface area contributed by atoms with E-state index in [1.54, 1.807) is 6.07 Å². The van der Waals surface area contributed by atoms with Crippen LogP contribution in [-0.4, -0.2) is 22.1 Å². The van der Waals surface area contributed by atoms with E-state index in [4.69, 9.17) is 5.26 Å². The summed E-state index contributed by atoms with van der Waals surface area (Å²) in [4.78, 5) is 11.9. The van der Waals surface area contributed by atoms with Crippen LogP contribution in [0.25, 0.3) is 10.9 Å². The highest BCUT2D eigenvalue weighted by Crippen LogP contribution is 2.34. The Balaban J connectivity index is 2.47. The van der Waals surface area contributed by atoms with Crippen molar-refractivity contribution in [2.45, 2.75) is 13.5 Å². The number of rotatable bonds is 0. The van der Waals surface area contributed by atoms with E-state index in [0.29, 0.717) is 29.9 Å². The predicted octanol–water partition coefficient (Wildman–Crippen LogP) is 1.27. The normalized spacial score (nSPS) is 14.1. The van der Waals surface area contributed by atoms with Crippen molar-refractivity contribution in [2.75, 3.05) is 6.54 Å². The zero-order chi connectivity index (χ0) is 12.9. The Morgan fingerprint density at radius 3 is 3.00 bits per heavy atom. The topological polar surface area (TPSA) is 78.1 Å². The molecule has 0 atom stereocenters. The van der Waals surface area contributed by atoms with Crippen LogP contribution in [0.15, 0.2) is 12.1 Å². The first-order chi connectivity index (χ1) is 8.63. The van der Waals surface area contributed by atoms with E-state index >= 15 is 0 Å². The maximum absolute atomic E-state index is 11.9. The number of aromatic nitrogens is 1. The lowest BCUT2D eigenvalue weighted by Gasteiger charge is -2.17. The van der Waals surface area contributed by atoms with E-state index < -0.39 is 0 Å². The first-order valence-corrected chi connectivity index (χ1v) is 5.67. The van der Waals surface area contributed by atoms with Crippen molar-refractivity contribution in [1.29, 1.82) is 5.26 Å². The van der Waals surface area contributed by atoms with Gasteiger partial charge in [0.2, 0.25) is 0 Å². The number of carbonyl (C=O) groups excluding carboxylic acids is 1. The summed E-state index contributed by atoms with van der Waals surface area (Å²) in [5, 5.41) is 22.5. The molecule has 0 fully saturated rings. The Morgan fingerprint density at radius 2 is 2.28 bits per heavy atom. The zero-order valence-corrected chi connectivity index (χ0v) is 9.82. The molecule has 2 aromatic rings. The van der Waals surface area contributed by atoms with Gasteiger partial charge in [0.25, 0.3) is 5.91 Å². The largest absolute Gasteiger partial charge is 0.506 e. The zero-order valence-electron chi connectivity index (χ0n) is 9.82. The average molecular weight is 241 g/mol. The number of fused-ring (bicyclic) bond motifs is 3. The summed E-state index contributed by atoms with van der Waals surface area (Å²) in [6.07, 6.45) is 0. The number of nitrogens with zero attached hydrogens (tertiary/aromatic N) is 2. The van der Waals surface area contributed by atoms with Crippen molar-refractivity contribution in [1.82, 2.24) is 9.88 Å². The minimum absolute atomic E-state index is 0.0492. The SMILES string of the molecule is Cc1c2n(c3c(O)cc(C#N)cc13)CCNC2=O. The quantitative estimate of drug-likeness (QED) is 0.729. The van der Waals surface area contributed by atoms with Crippen molar-refractivity contribution in [3.05, 3.63) is 29.0 Å². The summed E-state index contributed by atoms with van der Waals surface area (Å²) in [6, 6.07) is 5.15. The second-order valence-electron chi connectivity index (χ2n) is 4.38. The molecule has 3 rings (SSSR count). The highest BCUT2D eigenvalue weighted by molar-refractivity contribution is 6.04. The number of nitriles is 1. The summed E-state index contributed by atoms with van der Waals surface area (Å²) in [5.74, 6) is -0.0824. The number of amides is 1. The standard InChI is InChI=1S/C13H11N3O2/c1-7-9-4-8(6-14)5-10(17)12(9)16-3-2-15-13(18)11(7)16/h4-5,17H,2-3H2,1H3,(H,15,18). The van der Waals surface area contributed by atoms with Crippen LogP contribution in [0.4, 0.5) is 0 Å². The molecule has 5 heteroatoms. The maximum Gasteiger partial charge on any atom is 0.268 e. The predicted molar refractivity (Wildman–Crippen MR) is 65.4 cm³/mol. The summed E-state index contributed by atoms with van der Waals surface area (Å²) in [6.45, 7) is 3.01. The summed E-state index contributed by atoms with van der Waals surface area (Å²) < 4.78 is 1.82. The number of phenols is 1. The van der Waals surface area contributed by atoms with Crippen molar-refractivity contribution < 1.29 is 9.90 Å². The molecule has 0 saturated heterocycles. The van der Waals surface area contributed by atoms with Crippen molar-refractivity contribution in [3.8, 4) is 11.8 Å². The van der Waals surface area contributed by atoms with Crippen LogP contribution in [0.5, 0.6) is 5.75 Å². The van der Waals surface area contributed by atoms with Gasteiger partial charge in [0.15, 0.2) is 0 Å². The van der Waals surface area contributed by atoms with Gasteiger partial charge in [-0.05, 0) is 24.6 Å². The number of aryl methyl sites for hydroxylation is 1. The summed E-state index contributed by atoms with van der Waals surface area (Å²) in [5.41, 5.74) is 2.40. The van der Waals surface area contributed by atoms with Gasteiger partial charge in [-0.2, -0.15) is 5.26 Å². The Morgan fingerprint density at radius 1 is 1.50 bits per heavy atom. The fourth-order valence-electron chi connectivity index (χ4n) is 2.58. The van der Waals surface area contributed by atoms with E-state index in [9.17, 15) is 9.90 Å². The van der Waals surface area contributed by atoms with Crippen LogP contribution in [0.2, 0.25) is 0 Å². The molecule has 0 spiro atoms. The molecule has 1 aliphatic rings. The van der Waals surface area contributed by atoms with Crippen LogP contribution in [0.3, 0.4) is 0 Å². The van der Waals surface area contributed by atoms with E-state index in [0.717, 1.165) is 10.9 Å². The van der Waals surface area contributed by atoms with Gasteiger partial charge in [0, 0.05) is 18.5 Å². The third kappa shape index (κ3) is 1.23. The van der Waals surface area contributed by atoms with E-state index in [-0.39, 0.29) is 11.7 Å². The lowest BCUT2D eigenvalue weighted by molar-refractivity contribution is 0.0928. The van der Waals surface area contributed by atoms with E-state index in [1.165, 1.54) is 6.07 Å². The molecule has 1 aromatic carbocycles. The van der Waals surface area contributed by atoms with Crippen molar-refractivity contribution in [3.63, 3.8) is 0 Å². The third-order valence-corrected chi connectivity index (χ3v) is 3.35. The molecule has 90 valence electrons. The van der Waals surface area contributed by atoms with Gasteiger partial charge in [-0.25, -0.2) is 0 Å². The fraction of sp³-hybridized carbons (Fsp3) is 0.231. The van der Waals surface area contributed by atoms with Gasteiger partial charge in [0.1, 0.15) is 11.4 Å². The van der Waals surface area contributed by atoms with Crippen LogP contribution < -0.4 is 5.32 Å². The number of hydrogen-bond donors (Lipinski definition) is 2. The molecule has 0 aliphatic carbocycles. The molecule has 1 aliphatic heterocycles. The Hall–Kier alpha value is -2.48. The van der Waals surface area contributed by atoms with Crippen LogP contribution in [-0.2, 0) is 6.54 Å². The Bertz CT molecular complexity index is 722. The lowest BCUT2D eigenvalue weighted by atomic mass is 10.1. The maximum atomic E-state index is 11.9. The van der Waals surface area contributed by atoms with Gasteiger partial charge in [-0.1, -0.05) is 0 Å². The number of hydrogen-bond acceptors (Lipinski definition) is 3. The van der Waals surface area contributed by atoms with E-state index in [1.807, 2.05) is 17.6 Å². The molecule has 1 aromatic heterocycles. The first kappa shape index (κ1) is 10.7. The molecule has 0 bridgehead atoms. The average Bonchev–Trinajstić information content (AvgIpc) is 2.65. The summed E-state index contributed by atoms with van der Waals surface area (Å²) in [7, 11) is 0. The highest BCUT2D eigenvalue weighted by Gasteiger charge is 2.25. The summed E-state index contributed by atoms with van der Waals surface area (Å²) >= 11 is 0. The van der Waals surface area contributed by atoms with Gasteiger partial charge < -0.3 is 15.0 Å². The number of benzene rings is 1. The number of nitrogens with one attached hydrogen (secondary N) is 1.